The van der Waals surface area contributed by atoms with Gasteiger partial charge in [-0.1, -0.05) is 41.0 Å². The molecule has 3 saturated heterocycles. The summed E-state index contributed by atoms with van der Waals surface area (Å²) in [6.45, 7) is 13.1. The number of amides is 3. The molecule has 0 saturated carbocycles. The number of likely N-dealkylation sites (N-methyl/N-ethyl adjacent to an activating group) is 1. The van der Waals surface area contributed by atoms with E-state index in [-0.39, 0.29) is 54.2 Å². The van der Waals surface area contributed by atoms with Gasteiger partial charge in [-0.05, 0) is 75.8 Å². The van der Waals surface area contributed by atoms with Crippen LogP contribution >= 0.6 is 0 Å². The second-order valence-electron chi connectivity index (χ2n) is 13.6. The fraction of sp³-hybridized carbons (Fsp3) is 0.900. The average Bonchev–Trinajstić information content (AvgIpc) is 3.57. The Bertz CT molecular complexity index is 854. The van der Waals surface area contributed by atoms with E-state index in [0.29, 0.717) is 19.5 Å². The first-order chi connectivity index (χ1) is 18.8. The predicted octanol–water partition coefficient (Wildman–Crippen LogP) is 1.69. The van der Waals surface area contributed by atoms with Crippen molar-refractivity contribution in [3.05, 3.63) is 0 Å². The van der Waals surface area contributed by atoms with E-state index in [9.17, 15) is 24.6 Å². The van der Waals surface area contributed by atoms with Crippen LogP contribution in [0.4, 0.5) is 0 Å². The summed E-state index contributed by atoms with van der Waals surface area (Å²) in [6.07, 6.45) is 5.93. The van der Waals surface area contributed by atoms with Gasteiger partial charge in [-0.3, -0.25) is 19.3 Å². The number of nitrogens with zero attached hydrogens (tertiary/aromatic N) is 3. The summed E-state index contributed by atoms with van der Waals surface area (Å²) in [5.74, 6) is 0.0806. The van der Waals surface area contributed by atoms with Crippen LogP contribution in [0.1, 0.15) is 92.4 Å². The van der Waals surface area contributed by atoms with Crippen molar-refractivity contribution in [1.82, 2.24) is 25.3 Å². The highest BCUT2D eigenvalue weighted by molar-refractivity contribution is 5.90. The number of hydrogen-bond acceptors (Lipinski definition) is 7. The lowest BCUT2D eigenvalue weighted by Gasteiger charge is -2.41. The molecule has 0 radical (unpaired) electrons. The highest BCUT2D eigenvalue weighted by atomic mass is 16.5. The maximum absolute atomic E-state index is 14.0. The van der Waals surface area contributed by atoms with Gasteiger partial charge in [-0.25, -0.2) is 0 Å². The third-order valence-corrected chi connectivity index (χ3v) is 9.13. The Balaban J connectivity index is 1.70. The van der Waals surface area contributed by atoms with Crippen molar-refractivity contribution in [3.8, 4) is 0 Å². The van der Waals surface area contributed by atoms with Crippen LogP contribution in [0.2, 0.25) is 0 Å². The van der Waals surface area contributed by atoms with Crippen LogP contribution in [0, 0.1) is 11.3 Å². The van der Waals surface area contributed by atoms with Crippen molar-refractivity contribution in [2.24, 2.45) is 11.3 Å². The van der Waals surface area contributed by atoms with Crippen LogP contribution in [0.3, 0.4) is 0 Å². The average molecular weight is 566 g/mol. The van der Waals surface area contributed by atoms with Crippen molar-refractivity contribution >= 4 is 17.7 Å². The third kappa shape index (κ3) is 8.39. The molecule has 3 aliphatic rings. The Morgan fingerprint density at radius 1 is 1.02 bits per heavy atom. The number of aliphatic hydroxyl groups excluding tert-OH is 1. The number of carbonyl (C=O) groups excluding carboxylic acids is 3. The van der Waals surface area contributed by atoms with Crippen molar-refractivity contribution in [2.45, 2.75) is 129 Å². The van der Waals surface area contributed by atoms with E-state index in [2.05, 4.69) is 29.4 Å². The smallest absolute Gasteiger partial charge is 0.245 e. The normalized spacial score (nSPS) is 25.9. The molecule has 0 spiro atoms. The standard InChI is InChI=1S/C30H55N5O5/c1-20(2)24(33(6)29(40)26(30(3,4)5)32-27(38)22-12-7-8-16-31-22)19-34-17-10-13-23(34)28(39)35-18-9-11-21(35)14-15-25(36)37/h20-26,31,36-37H,7-19H2,1-6H3,(H,32,38). The number of piperidine rings is 1. The van der Waals surface area contributed by atoms with Gasteiger partial charge in [0.2, 0.25) is 17.7 Å². The molecule has 10 nitrogen and oxygen atoms in total. The van der Waals surface area contributed by atoms with Crippen LogP contribution in [0.15, 0.2) is 0 Å². The van der Waals surface area contributed by atoms with E-state index in [1.54, 1.807) is 4.90 Å². The Kier molecular flexibility index (Phi) is 11.8. The summed E-state index contributed by atoms with van der Waals surface area (Å²) < 4.78 is 0. The summed E-state index contributed by atoms with van der Waals surface area (Å²) >= 11 is 0. The van der Waals surface area contributed by atoms with E-state index in [4.69, 9.17) is 0 Å². The lowest BCUT2D eigenvalue weighted by atomic mass is 9.84. The topological polar surface area (TPSA) is 125 Å². The van der Waals surface area contributed by atoms with Gasteiger partial charge in [0.15, 0.2) is 6.29 Å². The maximum atomic E-state index is 14.0. The molecule has 0 aromatic rings. The van der Waals surface area contributed by atoms with Gasteiger partial charge >= 0.3 is 0 Å². The lowest BCUT2D eigenvalue weighted by molar-refractivity contribution is -0.142. The van der Waals surface area contributed by atoms with Gasteiger partial charge in [0.05, 0.1) is 12.1 Å². The summed E-state index contributed by atoms with van der Waals surface area (Å²) in [5, 5.41) is 25.0. The summed E-state index contributed by atoms with van der Waals surface area (Å²) in [6, 6.07) is -1.20. The summed E-state index contributed by atoms with van der Waals surface area (Å²) in [7, 11) is 1.83. The van der Waals surface area contributed by atoms with E-state index in [0.717, 1.165) is 58.0 Å². The highest BCUT2D eigenvalue weighted by Gasteiger charge is 2.42. The van der Waals surface area contributed by atoms with Gasteiger partial charge in [0.25, 0.3) is 0 Å². The molecule has 0 aromatic carbocycles. The van der Waals surface area contributed by atoms with Crippen molar-refractivity contribution < 1.29 is 24.6 Å². The highest BCUT2D eigenvalue weighted by Crippen LogP contribution is 2.29. The second-order valence-corrected chi connectivity index (χ2v) is 13.6. The lowest BCUT2D eigenvalue weighted by Crippen LogP contribution is -2.61. The number of nitrogens with one attached hydrogen (secondary N) is 2. The van der Waals surface area contributed by atoms with E-state index < -0.39 is 17.7 Å². The molecule has 4 N–H and O–H groups in total. The van der Waals surface area contributed by atoms with Crippen LogP contribution in [0.5, 0.6) is 0 Å². The monoisotopic (exact) mass is 565 g/mol. The first-order valence-corrected chi connectivity index (χ1v) is 15.5. The number of hydrogen-bond donors (Lipinski definition) is 4. The largest absolute Gasteiger partial charge is 0.368 e. The second kappa shape index (κ2) is 14.4. The van der Waals surface area contributed by atoms with E-state index >= 15 is 0 Å². The number of likely N-dealkylation sites (tertiary alicyclic amines) is 2. The van der Waals surface area contributed by atoms with Gasteiger partial charge < -0.3 is 30.6 Å². The Hall–Kier alpha value is -1.75. The third-order valence-electron chi connectivity index (χ3n) is 9.13. The molecule has 10 heteroatoms. The fourth-order valence-electron chi connectivity index (χ4n) is 6.64. The van der Waals surface area contributed by atoms with Gasteiger partial charge in [-0.15, -0.1) is 0 Å². The van der Waals surface area contributed by atoms with Crippen molar-refractivity contribution in [3.63, 3.8) is 0 Å². The molecule has 0 aromatic heterocycles. The quantitative estimate of drug-likeness (QED) is 0.281. The van der Waals surface area contributed by atoms with Crippen molar-refractivity contribution in [2.75, 3.05) is 33.2 Å². The van der Waals surface area contributed by atoms with Crippen LogP contribution in [-0.2, 0) is 14.4 Å². The molecule has 40 heavy (non-hydrogen) atoms. The number of rotatable bonds is 11. The number of aliphatic hydroxyl groups is 2. The Morgan fingerprint density at radius 2 is 1.73 bits per heavy atom. The minimum absolute atomic E-state index is 0.0525. The summed E-state index contributed by atoms with van der Waals surface area (Å²) in [4.78, 5) is 46.8. The molecule has 3 heterocycles. The number of carbonyl (C=O) groups is 3. The van der Waals surface area contributed by atoms with Gasteiger partial charge in [-0.2, -0.15) is 0 Å². The summed E-state index contributed by atoms with van der Waals surface area (Å²) in [5.41, 5.74) is -0.462. The molecule has 3 amide bonds. The zero-order chi connectivity index (χ0) is 29.6. The van der Waals surface area contributed by atoms with E-state index in [1.807, 2.05) is 32.7 Å². The van der Waals surface area contributed by atoms with Crippen LogP contribution in [-0.4, -0.2) is 112 Å². The molecule has 5 unspecified atom stereocenters. The maximum Gasteiger partial charge on any atom is 0.245 e. The Labute approximate surface area is 241 Å². The molecular formula is C30H55N5O5. The first kappa shape index (κ1) is 32.8. The zero-order valence-electron chi connectivity index (χ0n) is 25.7. The zero-order valence-corrected chi connectivity index (χ0v) is 25.7. The molecule has 3 rings (SSSR count). The van der Waals surface area contributed by atoms with Crippen LogP contribution < -0.4 is 10.6 Å². The minimum Gasteiger partial charge on any atom is -0.368 e. The Morgan fingerprint density at radius 3 is 2.33 bits per heavy atom. The van der Waals surface area contributed by atoms with Gasteiger partial charge in [0, 0.05) is 32.2 Å². The molecule has 230 valence electrons. The van der Waals surface area contributed by atoms with E-state index in [1.165, 1.54) is 0 Å². The SMILES string of the molecule is CC(C)C(CN1CCCC1C(=O)N1CCCC1CCC(O)O)N(C)C(=O)C(NC(=O)C1CCCCN1)C(C)(C)C. The molecule has 0 aliphatic carbocycles. The molecular weight excluding hydrogens is 510 g/mol. The molecule has 3 aliphatic heterocycles. The van der Waals surface area contributed by atoms with Crippen LogP contribution in [0.25, 0.3) is 0 Å². The fourth-order valence-corrected chi connectivity index (χ4v) is 6.64. The first-order valence-electron chi connectivity index (χ1n) is 15.5. The predicted molar refractivity (Wildman–Crippen MR) is 155 cm³/mol. The molecule has 0 bridgehead atoms. The molecule has 5 atom stereocenters. The minimum atomic E-state index is -1.35. The van der Waals surface area contributed by atoms with Gasteiger partial charge in [0.1, 0.15) is 6.04 Å². The van der Waals surface area contributed by atoms with Crippen molar-refractivity contribution in [1.29, 1.82) is 0 Å². The molecule has 3 fully saturated rings.